The molecular weight excluding hydrogens is 256 g/mol. The summed E-state index contributed by atoms with van der Waals surface area (Å²) in [7, 11) is 1.63. The van der Waals surface area contributed by atoms with Gasteiger partial charge in [0.25, 0.3) is 0 Å². The summed E-state index contributed by atoms with van der Waals surface area (Å²) in [5.74, 6) is 0.595. The monoisotopic (exact) mass is 280 g/mol. The number of nitrogens with two attached hydrogens (primary N) is 1. The Morgan fingerprint density at radius 1 is 1.35 bits per heavy atom. The van der Waals surface area contributed by atoms with Crippen LogP contribution in [-0.2, 0) is 22.6 Å². The van der Waals surface area contributed by atoms with Crippen molar-refractivity contribution in [2.24, 2.45) is 5.73 Å². The van der Waals surface area contributed by atoms with Gasteiger partial charge >= 0.3 is 5.97 Å². The second-order valence-corrected chi connectivity index (χ2v) is 4.46. The highest BCUT2D eigenvalue weighted by Crippen LogP contribution is 2.20. The molecule has 0 aliphatic carbocycles. The minimum atomic E-state index is -0.195. The molecule has 0 aliphatic rings. The SMILES string of the molecule is CCOC(=O)CN(CC)Cc1ccc(CN)c(OC)c1. The molecule has 0 saturated heterocycles. The van der Waals surface area contributed by atoms with Crippen LogP contribution >= 0.6 is 0 Å². The van der Waals surface area contributed by atoms with Gasteiger partial charge in [0, 0.05) is 18.7 Å². The van der Waals surface area contributed by atoms with Crippen molar-refractivity contribution in [3.63, 3.8) is 0 Å². The van der Waals surface area contributed by atoms with Gasteiger partial charge in [-0.15, -0.1) is 0 Å². The van der Waals surface area contributed by atoms with Gasteiger partial charge in [0.1, 0.15) is 5.75 Å². The smallest absolute Gasteiger partial charge is 0.320 e. The second-order valence-electron chi connectivity index (χ2n) is 4.46. The molecule has 0 aromatic heterocycles. The highest BCUT2D eigenvalue weighted by atomic mass is 16.5. The molecule has 0 heterocycles. The van der Waals surface area contributed by atoms with E-state index in [9.17, 15) is 4.79 Å². The molecule has 112 valence electrons. The lowest BCUT2D eigenvalue weighted by atomic mass is 10.1. The first kappa shape index (κ1) is 16.5. The van der Waals surface area contributed by atoms with Crippen molar-refractivity contribution in [3.8, 4) is 5.75 Å². The van der Waals surface area contributed by atoms with Gasteiger partial charge < -0.3 is 15.2 Å². The molecule has 0 radical (unpaired) electrons. The summed E-state index contributed by atoms with van der Waals surface area (Å²) in [6, 6.07) is 5.95. The second kappa shape index (κ2) is 8.55. The van der Waals surface area contributed by atoms with Crippen LogP contribution in [0.5, 0.6) is 5.75 Å². The first-order valence-electron chi connectivity index (χ1n) is 6.88. The Morgan fingerprint density at radius 3 is 2.65 bits per heavy atom. The Kier molecular flexibility index (Phi) is 7.04. The number of esters is 1. The number of benzene rings is 1. The van der Waals surface area contributed by atoms with E-state index < -0.39 is 0 Å². The summed E-state index contributed by atoms with van der Waals surface area (Å²) in [5.41, 5.74) is 7.72. The number of rotatable bonds is 8. The molecule has 0 spiro atoms. The number of ether oxygens (including phenoxy) is 2. The molecule has 0 bridgehead atoms. The van der Waals surface area contributed by atoms with E-state index in [1.807, 2.05) is 36.9 Å². The van der Waals surface area contributed by atoms with Crippen molar-refractivity contribution in [1.82, 2.24) is 4.90 Å². The van der Waals surface area contributed by atoms with Crippen molar-refractivity contribution in [3.05, 3.63) is 29.3 Å². The Labute approximate surface area is 120 Å². The van der Waals surface area contributed by atoms with Crippen LogP contribution in [-0.4, -0.2) is 37.7 Å². The number of carbonyl (C=O) groups is 1. The quantitative estimate of drug-likeness (QED) is 0.732. The number of hydrogen-bond donors (Lipinski definition) is 1. The van der Waals surface area contributed by atoms with Gasteiger partial charge in [0.2, 0.25) is 0 Å². The van der Waals surface area contributed by atoms with Crippen LogP contribution in [0.25, 0.3) is 0 Å². The van der Waals surface area contributed by atoms with Gasteiger partial charge in [-0.05, 0) is 25.1 Å². The van der Waals surface area contributed by atoms with Crippen molar-refractivity contribution in [2.45, 2.75) is 26.9 Å². The van der Waals surface area contributed by atoms with Crippen LogP contribution in [0.3, 0.4) is 0 Å². The highest BCUT2D eigenvalue weighted by molar-refractivity contribution is 5.71. The van der Waals surface area contributed by atoms with Crippen LogP contribution in [0.1, 0.15) is 25.0 Å². The molecule has 0 unspecified atom stereocenters. The van der Waals surface area contributed by atoms with Crippen LogP contribution in [0.4, 0.5) is 0 Å². The number of hydrogen-bond acceptors (Lipinski definition) is 5. The molecule has 5 nitrogen and oxygen atoms in total. The molecule has 1 rings (SSSR count). The van der Waals surface area contributed by atoms with E-state index in [-0.39, 0.29) is 5.97 Å². The van der Waals surface area contributed by atoms with Crippen LogP contribution in [0.2, 0.25) is 0 Å². The fraction of sp³-hybridized carbons (Fsp3) is 0.533. The number of likely N-dealkylation sites (N-methyl/N-ethyl adjacent to an activating group) is 1. The van der Waals surface area contributed by atoms with Crippen molar-refractivity contribution in [1.29, 1.82) is 0 Å². The minimum Gasteiger partial charge on any atom is -0.496 e. The molecule has 1 aromatic rings. The molecule has 2 N–H and O–H groups in total. The number of carbonyl (C=O) groups excluding carboxylic acids is 1. The first-order chi connectivity index (χ1) is 9.64. The van der Waals surface area contributed by atoms with E-state index in [2.05, 4.69) is 0 Å². The fourth-order valence-electron chi connectivity index (χ4n) is 1.98. The molecule has 0 atom stereocenters. The normalized spacial score (nSPS) is 10.7. The zero-order valence-electron chi connectivity index (χ0n) is 12.5. The topological polar surface area (TPSA) is 64.8 Å². The van der Waals surface area contributed by atoms with Gasteiger partial charge in [-0.2, -0.15) is 0 Å². The standard InChI is InChI=1S/C15H24N2O3/c1-4-17(11-15(18)20-5-2)10-12-6-7-13(9-16)14(8-12)19-3/h6-8H,4-5,9-11,16H2,1-3H3. The Balaban J connectivity index is 2.72. The van der Waals surface area contributed by atoms with Gasteiger partial charge in [0.05, 0.1) is 20.3 Å². The zero-order chi connectivity index (χ0) is 15.0. The maximum absolute atomic E-state index is 11.5. The minimum absolute atomic E-state index is 0.195. The van der Waals surface area contributed by atoms with E-state index in [4.69, 9.17) is 15.2 Å². The van der Waals surface area contributed by atoms with Gasteiger partial charge in [-0.25, -0.2) is 0 Å². The van der Waals surface area contributed by atoms with E-state index in [1.165, 1.54) is 0 Å². The highest BCUT2D eigenvalue weighted by Gasteiger charge is 2.11. The predicted octanol–water partition coefficient (Wildman–Crippen LogP) is 1.54. The molecule has 20 heavy (non-hydrogen) atoms. The predicted molar refractivity (Wildman–Crippen MR) is 78.5 cm³/mol. The van der Waals surface area contributed by atoms with Gasteiger partial charge in [0.15, 0.2) is 0 Å². The van der Waals surface area contributed by atoms with Crippen molar-refractivity contribution >= 4 is 5.97 Å². The largest absolute Gasteiger partial charge is 0.496 e. The average molecular weight is 280 g/mol. The summed E-state index contributed by atoms with van der Waals surface area (Å²) in [5, 5.41) is 0. The van der Waals surface area contributed by atoms with Gasteiger partial charge in [-0.1, -0.05) is 19.1 Å². The maximum Gasteiger partial charge on any atom is 0.320 e. The van der Waals surface area contributed by atoms with E-state index in [0.29, 0.717) is 26.2 Å². The van der Waals surface area contributed by atoms with Crippen molar-refractivity contribution in [2.75, 3.05) is 26.8 Å². The lowest BCUT2D eigenvalue weighted by Gasteiger charge is -2.20. The van der Waals surface area contributed by atoms with Crippen LogP contribution < -0.4 is 10.5 Å². The van der Waals surface area contributed by atoms with Crippen LogP contribution in [0, 0.1) is 0 Å². The van der Waals surface area contributed by atoms with Crippen molar-refractivity contribution < 1.29 is 14.3 Å². The average Bonchev–Trinajstić information content (AvgIpc) is 2.46. The summed E-state index contributed by atoms with van der Waals surface area (Å²) in [6.07, 6.45) is 0. The Hall–Kier alpha value is -1.59. The molecule has 0 saturated carbocycles. The maximum atomic E-state index is 11.5. The van der Waals surface area contributed by atoms with E-state index in [1.54, 1.807) is 7.11 Å². The molecular formula is C15H24N2O3. The van der Waals surface area contributed by atoms with Crippen LogP contribution in [0.15, 0.2) is 18.2 Å². The number of nitrogens with zero attached hydrogens (tertiary/aromatic N) is 1. The molecule has 0 fully saturated rings. The molecule has 0 amide bonds. The molecule has 0 aliphatic heterocycles. The Morgan fingerprint density at radius 2 is 2.10 bits per heavy atom. The summed E-state index contributed by atoms with van der Waals surface area (Å²) in [6.45, 7) is 6.44. The third-order valence-corrected chi connectivity index (χ3v) is 3.08. The Bertz CT molecular complexity index is 435. The lowest BCUT2D eigenvalue weighted by Crippen LogP contribution is -2.30. The van der Waals surface area contributed by atoms with E-state index >= 15 is 0 Å². The molecule has 1 aromatic carbocycles. The third kappa shape index (κ3) is 4.83. The lowest BCUT2D eigenvalue weighted by molar-refractivity contribution is -0.144. The fourth-order valence-corrected chi connectivity index (χ4v) is 1.98. The zero-order valence-corrected chi connectivity index (χ0v) is 12.5. The first-order valence-corrected chi connectivity index (χ1v) is 6.88. The molecule has 5 heteroatoms. The summed E-state index contributed by atoms with van der Waals surface area (Å²) < 4.78 is 10.3. The third-order valence-electron chi connectivity index (χ3n) is 3.08. The van der Waals surface area contributed by atoms with Gasteiger partial charge in [-0.3, -0.25) is 9.69 Å². The van der Waals surface area contributed by atoms with E-state index in [0.717, 1.165) is 23.4 Å². The number of methoxy groups -OCH3 is 1. The summed E-state index contributed by atoms with van der Waals surface area (Å²) in [4.78, 5) is 13.5. The summed E-state index contributed by atoms with van der Waals surface area (Å²) >= 11 is 0.